The van der Waals surface area contributed by atoms with Gasteiger partial charge in [-0.2, -0.15) is 0 Å². The Balaban J connectivity index is 2.07. The second-order valence-electron chi connectivity index (χ2n) is 6.69. The zero-order valence-corrected chi connectivity index (χ0v) is 13.9. The van der Waals surface area contributed by atoms with Gasteiger partial charge in [0.1, 0.15) is 5.76 Å². The summed E-state index contributed by atoms with van der Waals surface area (Å²) in [6.45, 7) is 9.03. The highest BCUT2D eigenvalue weighted by atomic mass is 32.2. The molecule has 0 spiro atoms. The summed E-state index contributed by atoms with van der Waals surface area (Å²) in [5.41, 5.74) is -0.169. The molecular formula is C14H22N2O4S. The molecule has 0 atom stereocenters. The van der Waals surface area contributed by atoms with E-state index in [1.807, 2.05) is 13.8 Å². The first-order valence-corrected chi connectivity index (χ1v) is 8.68. The van der Waals surface area contributed by atoms with E-state index < -0.39 is 10.0 Å². The molecule has 6 nitrogen and oxygen atoms in total. The van der Waals surface area contributed by atoms with Crippen LogP contribution in [-0.2, 0) is 16.6 Å². The van der Waals surface area contributed by atoms with Crippen LogP contribution in [0.4, 0.5) is 0 Å². The summed E-state index contributed by atoms with van der Waals surface area (Å²) in [5.74, 6) is 0.496. The van der Waals surface area contributed by atoms with Gasteiger partial charge >= 0.3 is 0 Å². The predicted molar refractivity (Wildman–Crippen MR) is 79.3 cm³/mol. The van der Waals surface area contributed by atoms with Crippen molar-refractivity contribution < 1.29 is 17.6 Å². The first-order chi connectivity index (χ1) is 9.44. The normalized spacial score (nSPS) is 20.1. The Hall–Kier alpha value is -1.34. The quantitative estimate of drug-likeness (QED) is 0.915. The molecule has 1 fully saturated rings. The number of likely N-dealkylation sites (tertiary alicyclic amines) is 1. The number of amides is 1. The average molecular weight is 314 g/mol. The molecule has 21 heavy (non-hydrogen) atoms. The highest BCUT2D eigenvalue weighted by Crippen LogP contribution is 2.46. The van der Waals surface area contributed by atoms with Gasteiger partial charge in [0, 0.05) is 17.5 Å². The van der Waals surface area contributed by atoms with Crippen molar-refractivity contribution in [3.05, 3.63) is 23.7 Å². The van der Waals surface area contributed by atoms with Crippen LogP contribution in [0.2, 0.25) is 0 Å². The zero-order valence-electron chi connectivity index (χ0n) is 13.1. The molecule has 2 rings (SSSR count). The molecule has 1 N–H and O–H groups in total. The maximum atomic E-state index is 12.4. The number of nitrogens with one attached hydrogen (secondary N) is 1. The van der Waals surface area contributed by atoms with Gasteiger partial charge in [-0.3, -0.25) is 4.79 Å². The lowest BCUT2D eigenvalue weighted by Gasteiger charge is -2.61. The van der Waals surface area contributed by atoms with Gasteiger partial charge in [0.15, 0.2) is 5.76 Å². The molecule has 7 heteroatoms. The molecule has 0 unspecified atom stereocenters. The molecule has 118 valence electrons. The standard InChI is InChI=1S/C14H22N2O4S/c1-13(2)9-16(14(13,3)4)12(17)11-7-6-10(20-11)8-15-21(5,18)19/h6-7,15H,8-9H2,1-5H3. The number of rotatable bonds is 4. The summed E-state index contributed by atoms with van der Waals surface area (Å²) in [6, 6.07) is 3.20. The Morgan fingerprint density at radius 1 is 1.33 bits per heavy atom. The number of hydrogen-bond donors (Lipinski definition) is 1. The molecule has 1 aliphatic heterocycles. The van der Waals surface area contributed by atoms with E-state index >= 15 is 0 Å². The Kier molecular flexibility index (Phi) is 3.70. The monoisotopic (exact) mass is 314 g/mol. The summed E-state index contributed by atoms with van der Waals surface area (Å²) in [7, 11) is -3.28. The molecule has 0 aromatic carbocycles. The first kappa shape index (κ1) is 16.0. The fourth-order valence-electron chi connectivity index (χ4n) is 2.31. The zero-order chi connectivity index (χ0) is 16.1. The van der Waals surface area contributed by atoms with Crippen molar-refractivity contribution >= 4 is 15.9 Å². The van der Waals surface area contributed by atoms with Crippen LogP contribution in [0.25, 0.3) is 0 Å². The molecule has 0 aliphatic carbocycles. The molecule has 0 saturated carbocycles. The van der Waals surface area contributed by atoms with Gasteiger partial charge in [0.25, 0.3) is 5.91 Å². The molecule has 2 heterocycles. The molecule has 1 aromatic heterocycles. The van der Waals surface area contributed by atoms with E-state index in [4.69, 9.17) is 4.42 Å². The predicted octanol–water partition coefficient (Wildman–Crippen LogP) is 1.59. The molecule has 1 saturated heterocycles. The minimum absolute atomic E-state index is 0.0427. The Labute approximate surface area is 125 Å². The van der Waals surface area contributed by atoms with Gasteiger partial charge in [-0.05, 0) is 26.0 Å². The van der Waals surface area contributed by atoms with Crippen molar-refractivity contribution in [2.75, 3.05) is 12.8 Å². The van der Waals surface area contributed by atoms with Crippen LogP contribution in [0.1, 0.15) is 44.0 Å². The minimum Gasteiger partial charge on any atom is -0.455 e. The Morgan fingerprint density at radius 2 is 1.95 bits per heavy atom. The van der Waals surface area contributed by atoms with Crippen LogP contribution in [-0.4, -0.2) is 37.6 Å². The second-order valence-corrected chi connectivity index (χ2v) is 8.53. The number of carbonyl (C=O) groups excluding carboxylic acids is 1. The number of carbonyl (C=O) groups is 1. The fourth-order valence-corrected chi connectivity index (χ4v) is 2.71. The molecule has 1 aromatic rings. The van der Waals surface area contributed by atoms with Gasteiger partial charge in [-0.1, -0.05) is 13.8 Å². The van der Waals surface area contributed by atoms with E-state index in [0.29, 0.717) is 12.3 Å². The number of furan rings is 1. The van der Waals surface area contributed by atoms with Crippen LogP contribution < -0.4 is 4.72 Å². The van der Waals surface area contributed by atoms with E-state index in [1.54, 1.807) is 17.0 Å². The van der Waals surface area contributed by atoms with Crippen LogP contribution in [0.5, 0.6) is 0 Å². The smallest absolute Gasteiger partial charge is 0.290 e. The van der Waals surface area contributed by atoms with E-state index in [0.717, 1.165) is 6.26 Å². The van der Waals surface area contributed by atoms with Crippen LogP contribution >= 0.6 is 0 Å². The van der Waals surface area contributed by atoms with Crippen molar-refractivity contribution in [1.82, 2.24) is 9.62 Å². The van der Waals surface area contributed by atoms with Gasteiger partial charge < -0.3 is 9.32 Å². The van der Waals surface area contributed by atoms with Crippen molar-refractivity contribution in [3.63, 3.8) is 0 Å². The average Bonchev–Trinajstić information content (AvgIpc) is 2.80. The van der Waals surface area contributed by atoms with Crippen molar-refractivity contribution in [2.24, 2.45) is 5.41 Å². The summed E-state index contributed by atoms with van der Waals surface area (Å²) < 4.78 is 29.8. The number of nitrogens with zero attached hydrogens (tertiary/aromatic N) is 1. The Morgan fingerprint density at radius 3 is 2.43 bits per heavy atom. The largest absolute Gasteiger partial charge is 0.455 e. The Bertz CT molecular complexity index is 658. The maximum Gasteiger partial charge on any atom is 0.290 e. The highest BCUT2D eigenvalue weighted by Gasteiger charge is 2.55. The third kappa shape index (κ3) is 2.98. The fraction of sp³-hybridized carbons (Fsp3) is 0.643. The summed E-state index contributed by atoms with van der Waals surface area (Å²) in [5, 5.41) is 0. The molecule has 1 aliphatic rings. The van der Waals surface area contributed by atoms with Crippen LogP contribution in [0.3, 0.4) is 0 Å². The van der Waals surface area contributed by atoms with Crippen molar-refractivity contribution in [3.8, 4) is 0 Å². The highest BCUT2D eigenvalue weighted by molar-refractivity contribution is 7.88. The lowest BCUT2D eigenvalue weighted by Crippen LogP contribution is -2.70. The van der Waals surface area contributed by atoms with Crippen LogP contribution in [0, 0.1) is 5.41 Å². The number of sulfonamides is 1. The molecule has 1 amide bonds. The minimum atomic E-state index is -3.28. The lowest BCUT2D eigenvalue weighted by molar-refractivity contribution is -0.0894. The summed E-state index contributed by atoms with van der Waals surface area (Å²) in [6.07, 6.45) is 1.08. The van der Waals surface area contributed by atoms with E-state index in [2.05, 4.69) is 18.6 Å². The van der Waals surface area contributed by atoms with E-state index in [9.17, 15) is 13.2 Å². The van der Waals surface area contributed by atoms with Crippen LogP contribution in [0.15, 0.2) is 16.5 Å². The van der Waals surface area contributed by atoms with Gasteiger partial charge in [0.05, 0.1) is 12.8 Å². The van der Waals surface area contributed by atoms with Gasteiger partial charge in [-0.25, -0.2) is 13.1 Å². The third-order valence-electron chi connectivity index (χ3n) is 4.51. The lowest BCUT2D eigenvalue weighted by atomic mass is 9.65. The first-order valence-electron chi connectivity index (χ1n) is 6.79. The van der Waals surface area contributed by atoms with Gasteiger partial charge in [-0.15, -0.1) is 0 Å². The molecular weight excluding hydrogens is 292 g/mol. The van der Waals surface area contributed by atoms with E-state index in [1.165, 1.54) is 0 Å². The third-order valence-corrected chi connectivity index (χ3v) is 5.18. The summed E-state index contributed by atoms with van der Waals surface area (Å²) in [4.78, 5) is 14.2. The van der Waals surface area contributed by atoms with Crippen molar-refractivity contribution in [1.29, 1.82) is 0 Å². The second kappa shape index (κ2) is 4.84. The van der Waals surface area contributed by atoms with Crippen molar-refractivity contribution in [2.45, 2.75) is 39.8 Å². The number of hydrogen-bond acceptors (Lipinski definition) is 4. The van der Waals surface area contributed by atoms with Gasteiger partial charge in [0.2, 0.25) is 10.0 Å². The van der Waals surface area contributed by atoms with E-state index in [-0.39, 0.29) is 29.2 Å². The molecule has 0 radical (unpaired) electrons. The topological polar surface area (TPSA) is 79.6 Å². The summed E-state index contributed by atoms with van der Waals surface area (Å²) >= 11 is 0. The SMILES string of the molecule is CC1(C)CN(C(=O)c2ccc(CNS(C)(=O)=O)o2)C1(C)C. The molecule has 0 bridgehead atoms. The maximum absolute atomic E-state index is 12.4.